The van der Waals surface area contributed by atoms with Crippen LogP contribution in [0.3, 0.4) is 0 Å². The first kappa shape index (κ1) is 18.5. The number of esters is 1. The van der Waals surface area contributed by atoms with Crippen molar-refractivity contribution >= 4 is 18.0 Å². The number of rotatable bonds is 4. The minimum atomic E-state index is -0.829. The topological polar surface area (TPSA) is 64.6 Å². The Kier molecular flexibility index (Phi) is 5.64. The van der Waals surface area contributed by atoms with Gasteiger partial charge in [0.05, 0.1) is 5.57 Å². The van der Waals surface area contributed by atoms with Gasteiger partial charge in [0, 0.05) is 11.6 Å². The Balaban J connectivity index is 1.57. The summed E-state index contributed by atoms with van der Waals surface area (Å²) in [6.45, 7) is 6.16. The molecule has 4 atom stereocenters. The van der Waals surface area contributed by atoms with E-state index < -0.39 is 12.1 Å². The summed E-state index contributed by atoms with van der Waals surface area (Å²) in [6, 6.07) is 7.65. The van der Waals surface area contributed by atoms with E-state index in [4.69, 9.17) is 9.47 Å². The summed E-state index contributed by atoms with van der Waals surface area (Å²) < 4.78 is 10.9. The monoisotopic (exact) mass is 357 g/mol. The first-order valence-electron chi connectivity index (χ1n) is 9.39. The fraction of sp³-hybridized carbons (Fsp3) is 0.524. The van der Waals surface area contributed by atoms with E-state index in [1.807, 2.05) is 24.3 Å². The van der Waals surface area contributed by atoms with E-state index in [9.17, 15) is 9.59 Å². The van der Waals surface area contributed by atoms with Crippen molar-refractivity contribution in [3.05, 3.63) is 35.4 Å². The van der Waals surface area contributed by atoms with Crippen LogP contribution >= 0.6 is 0 Å². The number of carbonyl (C=O) groups excluding carboxylic acids is 2. The van der Waals surface area contributed by atoms with Gasteiger partial charge in [-0.1, -0.05) is 44.9 Å². The Labute approximate surface area is 154 Å². The van der Waals surface area contributed by atoms with Gasteiger partial charge in [-0.15, -0.1) is 0 Å². The van der Waals surface area contributed by atoms with Crippen molar-refractivity contribution in [3.63, 3.8) is 0 Å². The maximum absolute atomic E-state index is 12.4. The van der Waals surface area contributed by atoms with Crippen LogP contribution in [0.4, 0.5) is 0 Å². The Bertz CT molecular complexity index is 712. The molecule has 1 N–H and O–H groups in total. The maximum Gasteiger partial charge on any atom is 0.338 e. The molecule has 1 aromatic carbocycles. The zero-order chi connectivity index (χ0) is 18.7. The van der Waals surface area contributed by atoms with Gasteiger partial charge < -0.3 is 14.8 Å². The van der Waals surface area contributed by atoms with Crippen LogP contribution in [0.2, 0.25) is 0 Å². The van der Waals surface area contributed by atoms with E-state index >= 15 is 0 Å². The summed E-state index contributed by atoms with van der Waals surface area (Å²) in [5.74, 6) is 1.03. The van der Waals surface area contributed by atoms with Gasteiger partial charge in [-0.25, -0.2) is 4.79 Å². The summed E-state index contributed by atoms with van der Waals surface area (Å²) in [6.07, 6.45) is 4.23. The van der Waals surface area contributed by atoms with Crippen LogP contribution in [0.25, 0.3) is 6.08 Å². The first-order valence-corrected chi connectivity index (χ1v) is 9.39. The number of hydrogen-bond donors (Lipinski definition) is 1. The van der Waals surface area contributed by atoms with Crippen LogP contribution in [0.5, 0.6) is 5.75 Å². The minimum absolute atomic E-state index is 0.150. The summed E-state index contributed by atoms with van der Waals surface area (Å²) in [5, 5.41) is 3.06. The largest absolute Gasteiger partial charge is 0.488 e. The quantitative estimate of drug-likeness (QED) is 0.840. The third-order valence-electron chi connectivity index (χ3n) is 5.58. The van der Waals surface area contributed by atoms with Crippen LogP contribution in [0, 0.1) is 11.8 Å². The first-order chi connectivity index (χ1) is 12.5. The predicted octanol–water partition coefficient (Wildman–Crippen LogP) is 3.34. The summed E-state index contributed by atoms with van der Waals surface area (Å²) in [7, 11) is 0. The molecule has 0 spiro atoms. The zero-order valence-electron chi connectivity index (χ0n) is 15.7. The lowest BCUT2D eigenvalue weighted by Crippen LogP contribution is -2.47. The Hall–Kier alpha value is -2.30. The molecule has 0 bridgehead atoms. The van der Waals surface area contributed by atoms with Crippen molar-refractivity contribution in [1.82, 2.24) is 5.32 Å². The lowest BCUT2D eigenvalue weighted by Gasteiger charge is -2.35. The number of carbonyl (C=O) groups is 2. The van der Waals surface area contributed by atoms with Gasteiger partial charge in [-0.3, -0.25) is 4.79 Å². The SMILES string of the molecule is C[C@@H]1[C@H](C)CCC[C@@H]1NC(=O)[C@@H](C)OC(=O)C1=Cc2ccccc2OC1. The van der Waals surface area contributed by atoms with Crippen LogP contribution in [-0.4, -0.2) is 30.6 Å². The van der Waals surface area contributed by atoms with E-state index in [2.05, 4.69) is 19.2 Å². The highest BCUT2D eigenvalue weighted by molar-refractivity contribution is 5.96. The third kappa shape index (κ3) is 4.09. The normalized spacial score (nSPS) is 26.0. The molecule has 0 radical (unpaired) electrons. The fourth-order valence-electron chi connectivity index (χ4n) is 3.61. The molecule has 3 rings (SSSR count). The van der Waals surface area contributed by atoms with Gasteiger partial charge in [0.2, 0.25) is 0 Å². The van der Waals surface area contributed by atoms with Gasteiger partial charge >= 0.3 is 5.97 Å². The van der Waals surface area contributed by atoms with Gasteiger partial charge in [-0.2, -0.15) is 0 Å². The smallest absolute Gasteiger partial charge is 0.338 e. The fourth-order valence-corrected chi connectivity index (χ4v) is 3.61. The second-order valence-electron chi connectivity index (χ2n) is 7.43. The van der Waals surface area contributed by atoms with Gasteiger partial charge in [-0.05, 0) is 37.3 Å². The molecule has 5 nitrogen and oxygen atoms in total. The molecule has 0 aromatic heterocycles. The molecular weight excluding hydrogens is 330 g/mol. The number of fused-ring (bicyclic) bond motifs is 1. The molecule has 0 saturated heterocycles. The molecule has 1 fully saturated rings. The number of ether oxygens (including phenoxy) is 2. The molecular formula is C21H27NO4. The molecule has 140 valence electrons. The molecule has 5 heteroatoms. The maximum atomic E-state index is 12.4. The highest BCUT2D eigenvalue weighted by Gasteiger charge is 2.30. The molecule has 1 aromatic rings. The second kappa shape index (κ2) is 7.94. The lowest BCUT2D eigenvalue weighted by atomic mass is 9.78. The standard InChI is InChI=1S/C21H27NO4/c1-13-7-6-9-18(14(13)2)22-20(23)15(3)26-21(24)17-11-16-8-4-5-10-19(16)25-12-17/h4-5,8,10-11,13-15,18H,6-7,9,12H2,1-3H3,(H,22,23)/t13-,14-,15-,18+/m1/s1. The number of para-hydroxylation sites is 1. The van der Waals surface area contributed by atoms with Crippen molar-refractivity contribution in [2.45, 2.75) is 52.2 Å². The molecule has 1 heterocycles. The highest BCUT2D eigenvalue weighted by Crippen LogP contribution is 2.30. The van der Waals surface area contributed by atoms with E-state index in [0.29, 0.717) is 17.4 Å². The average Bonchev–Trinajstić information content (AvgIpc) is 2.64. The van der Waals surface area contributed by atoms with Crippen LogP contribution in [0.1, 0.15) is 45.6 Å². The van der Waals surface area contributed by atoms with E-state index in [0.717, 1.165) is 24.2 Å². The highest BCUT2D eigenvalue weighted by atomic mass is 16.6. The Morgan fingerprint density at radius 1 is 1.23 bits per heavy atom. The van der Waals surface area contributed by atoms with Gasteiger partial charge in [0.1, 0.15) is 12.4 Å². The average molecular weight is 357 g/mol. The number of amides is 1. The second-order valence-corrected chi connectivity index (χ2v) is 7.43. The van der Waals surface area contributed by atoms with Crippen LogP contribution in [-0.2, 0) is 14.3 Å². The van der Waals surface area contributed by atoms with Crippen molar-refractivity contribution in [2.24, 2.45) is 11.8 Å². The number of nitrogens with one attached hydrogen (secondary N) is 1. The molecule has 0 unspecified atom stereocenters. The number of benzene rings is 1. The molecule has 1 aliphatic carbocycles. The predicted molar refractivity (Wildman–Crippen MR) is 99.6 cm³/mol. The molecule has 1 saturated carbocycles. The summed E-state index contributed by atoms with van der Waals surface area (Å²) >= 11 is 0. The van der Waals surface area contributed by atoms with Crippen molar-refractivity contribution in [3.8, 4) is 5.75 Å². The van der Waals surface area contributed by atoms with Gasteiger partial charge in [0.25, 0.3) is 5.91 Å². The minimum Gasteiger partial charge on any atom is -0.488 e. The zero-order valence-corrected chi connectivity index (χ0v) is 15.7. The molecule has 2 aliphatic rings. The summed E-state index contributed by atoms with van der Waals surface area (Å²) in [4.78, 5) is 24.8. The van der Waals surface area contributed by atoms with Crippen LogP contribution in [0.15, 0.2) is 29.8 Å². The molecule has 1 amide bonds. The van der Waals surface area contributed by atoms with E-state index in [1.54, 1.807) is 13.0 Å². The Morgan fingerprint density at radius 2 is 2.00 bits per heavy atom. The van der Waals surface area contributed by atoms with Gasteiger partial charge in [0.15, 0.2) is 6.10 Å². The summed E-state index contributed by atoms with van der Waals surface area (Å²) in [5.41, 5.74) is 1.26. The van der Waals surface area contributed by atoms with E-state index in [-0.39, 0.29) is 18.6 Å². The van der Waals surface area contributed by atoms with Crippen molar-refractivity contribution in [2.75, 3.05) is 6.61 Å². The Morgan fingerprint density at radius 3 is 2.81 bits per heavy atom. The van der Waals surface area contributed by atoms with E-state index in [1.165, 1.54) is 6.42 Å². The van der Waals surface area contributed by atoms with Crippen molar-refractivity contribution in [1.29, 1.82) is 0 Å². The number of hydrogen-bond acceptors (Lipinski definition) is 4. The molecule has 26 heavy (non-hydrogen) atoms. The molecule has 1 aliphatic heterocycles. The van der Waals surface area contributed by atoms with Crippen LogP contribution < -0.4 is 10.1 Å². The van der Waals surface area contributed by atoms with Crippen molar-refractivity contribution < 1.29 is 19.1 Å². The third-order valence-corrected chi connectivity index (χ3v) is 5.58. The lowest BCUT2D eigenvalue weighted by molar-refractivity contribution is -0.152.